The van der Waals surface area contributed by atoms with Crippen LogP contribution in [0.4, 0.5) is 0 Å². The van der Waals surface area contributed by atoms with Gasteiger partial charge in [-0.2, -0.15) is 5.10 Å². The van der Waals surface area contributed by atoms with Crippen molar-refractivity contribution in [2.24, 2.45) is 0 Å². The van der Waals surface area contributed by atoms with Crippen molar-refractivity contribution in [1.29, 1.82) is 0 Å². The van der Waals surface area contributed by atoms with Crippen LogP contribution in [0, 0.1) is 11.8 Å². The van der Waals surface area contributed by atoms with Gasteiger partial charge in [-0.3, -0.25) is 9.48 Å². The average molecular weight is 233 g/mol. The quantitative estimate of drug-likeness (QED) is 0.620. The number of amides is 1. The molecular weight excluding hydrogens is 214 g/mol. The van der Waals surface area contributed by atoms with E-state index in [-0.39, 0.29) is 5.91 Å². The Labute approximate surface area is 102 Å². The molecule has 0 radical (unpaired) electrons. The number of aromatic nitrogens is 2. The van der Waals surface area contributed by atoms with Crippen molar-refractivity contribution in [2.45, 2.75) is 40.2 Å². The molecule has 1 amide bonds. The van der Waals surface area contributed by atoms with Gasteiger partial charge in [-0.15, -0.1) is 11.8 Å². The van der Waals surface area contributed by atoms with Crippen LogP contribution in [0.3, 0.4) is 0 Å². The van der Waals surface area contributed by atoms with Gasteiger partial charge in [0.15, 0.2) is 0 Å². The van der Waals surface area contributed by atoms with E-state index in [0.717, 1.165) is 12.1 Å². The lowest BCUT2D eigenvalue weighted by molar-refractivity contribution is 0.0944. The average Bonchev–Trinajstić information content (AvgIpc) is 2.77. The Morgan fingerprint density at radius 2 is 2.29 bits per heavy atom. The van der Waals surface area contributed by atoms with Gasteiger partial charge in [0.1, 0.15) is 5.69 Å². The van der Waals surface area contributed by atoms with E-state index in [4.69, 9.17) is 0 Å². The third-order valence-corrected chi connectivity index (χ3v) is 2.44. The molecule has 0 unspecified atom stereocenters. The maximum atomic E-state index is 11.9. The molecule has 1 N–H and O–H groups in total. The first-order valence-corrected chi connectivity index (χ1v) is 5.97. The summed E-state index contributed by atoms with van der Waals surface area (Å²) in [5.74, 6) is 5.64. The monoisotopic (exact) mass is 233 g/mol. The fraction of sp³-hybridized carbons (Fsp3) is 0.538. The fourth-order valence-electron chi connectivity index (χ4n) is 1.52. The first kappa shape index (κ1) is 13.3. The predicted octanol–water partition coefficient (Wildman–Crippen LogP) is 1.61. The molecule has 0 aliphatic carbocycles. The molecule has 1 heterocycles. The van der Waals surface area contributed by atoms with E-state index in [1.165, 1.54) is 0 Å². The first-order valence-electron chi connectivity index (χ1n) is 5.97. The lowest BCUT2D eigenvalue weighted by Gasteiger charge is -2.04. The van der Waals surface area contributed by atoms with Crippen LogP contribution < -0.4 is 5.32 Å². The van der Waals surface area contributed by atoms with Gasteiger partial charge in [0.2, 0.25) is 0 Å². The highest BCUT2D eigenvalue weighted by molar-refractivity contribution is 5.92. The maximum Gasteiger partial charge on any atom is 0.269 e. The van der Waals surface area contributed by atoms with Gasteiger partial charge < -0.3 is 5.32 Å². The molecule has 1 aromatic heterocycles. The minimum Gasteiger partial charge on any atom is -0.350 e. The highest BCUT2D eigenvalue weighted by Gasteiger charge is 2.12. The summed E-state index contributed by atoms with van der Waals surface area (Å²) in [6.45, 7) is 7.09. The van der Waals surface area contributed by atoms with E-state index >= 15 is 0 Å². The van der Waals surface area contributed by atoms with E-state index in [0.29, 0.717) is 25.2 Å². The molecule has 17 heavy (non-hydrogen) atoms. The third kappa shape index (κ3) is 3.63. The molecule has 4 heteroatoms. The molecule has 1 rings (SSSR count). The second-order valence-electron chi connectivity index (χ2n) is 3.62. The van der Waals surface area contributed by atoms with Crippen molar-refractivity contribution in [3.8, 4) is 11.8 Å². The maximum absolute atomic E-state index is 11.9. The molecule has 0 fully saturated rings. The molecule has 0 saturated carbocycles. The summed E-state index contributed by atoms with van der Waals surface area (Å²) in [5.41, 5.74) is 1.58. The zero-order chi connectivity index (χ0) is 12.7. The summed E-state index contributed by atoms with van der Waals surface area (Å²) in [7, 11) is 0. The standard InChI is InChI=1S/C13H19N3O/c1-4-7-8-9-14-13(17)12-10-11(5-2)15-16(12)6-3/h10H,5-6,8-9H2,1-3H3,(H,14,17). The first-order chi connectivity index (χ1) is 8.22. The van der Waals surface area contributed by atoms with E-state index in [1.54, 1.807) is 11.6 Å². The van der Waals surface area contributed by atoms with Crippen LogP contribution in [0.2, 0.25) is 0 Å². The van der Waals surface area contributed by atoms with Crippen molar-refractivity contribution in [3.05, 3.63) is 17.5 Å². The molecule has 0 aliphatic rings. The molecule has 4 nitrogen and oxygen atoms in total. The predicted molar refractivity (Wildman–Crippen MR) is 67.7 cm³/mol. The molecule has 0 spiro atoms. The second-order valence-corrected chi connectivity index (χ2v) is 3.62. The molecular formula is C13H19N3O. The Hall–Kier alpha value is -1.76. The molecule has 0 atom stereocenters. The van der Waals surface area contributed by atoms with Crippen molar-refractivity contribution in [2.75, 3.05) is 6.54 Å². The lowest BCUT2D eigenvalue weighted by Crippen LogP contribution is -2.26. The zero-order valence-electron chi connectivity index (χ0n) is 10.7. The highest BCUT2D eigenvalue weighted by atomic mass is 16.2. The largest absolute Gasteiger partial charge is 0.350 e. The number of rotatable bonds is 5. The van der Waals surface area contributed by atoms with Crippen LogP contribution in [0.15, 0.2) is 6.07 Å². The second kappa shape index (κ2) is 6.74. The van der Waals surface area contributed by atoms with Gasteiger partial charge in [-0.05, 0) is 26.3 Å². The summed E-state index contributed by atoms with van der Waals surface area (Å²) in [6, 6.07) is 1.85. The van der Waals surface area contributed by atoms with Crippen LogP contribution in [0.5, 0.6) is 0 Å². The normalized spacial score (nSPS) is 9.59. The van der Waals surface area contributed by atoms with Crippen LogP contribution >= 0.6 is 0 Å². The van der Waals surface area contributed by atoms with Crippen LogP contribution in [0.1, 0.15) is 43.4 Å². The van der Waals surface area contributed by atoms with Crippen molar-refractivity contribution < 1.29 is 4.79 Å². The SMILES string of the molecule is CC#CCCNC(=O)c1cc(CC)nn1CC. The minimum absolute atomic E-state index is 0.0723. The van der Waals surface area contributed by atoms with Crippen molar-refractivity contribution in [3.63, 3.8) is 0 Å². The van der Waals surface area contributed by atoms with Gasteiger partial charge in [-0.25, -0.2) is 0 Å². The van der Waals surface area contributed by atoms with Gasteiger partial charge in [0, 0.05) is 19.5 Å². The Bertz CT molecular complexity index is 437. The fourth-order valence-corrected chi connectivity index (χ4v) is 1.52. The molecule has 0 aromatic carbocycles. The Morgan fingerprint density at radius 1 is 1.53 bits per heavy atom. The third-order valence-electron chi connectivity index (χ3n) is 2.44. The molecule has 0 aliphatic heterocycles. The molecule has 92 valence electrons. The van der Waals surface area contributed by atoms with E-state index in [1.807, 2.05) is 19.9 Å². The zero-order valence-corrected chi connectivity index (χ0v) is 10.7. The number of hydrogen-bond acceptors (Lipinski definition) is 2. The Morgan fingerprint density at radius 3 is 2.88 bits per heavy atom. The van der Waals surface area contributed by atoms with Crippen LogP contribution in [-0.4, -0.2) is 22.2 Å². The van der Waals surface area contributed by atoms with Gasteiger partial charge >= 0.3 is 0 Å². The summed E-state index contributed by atoms with van der Waals surface area (Å²) >= 11 is 0. The summed E-state index contributed by atoms with van der Waals surface area (Å²) in [6.07, 6.45) is 1.53. The number of hydrogen-bond donors (Lipinski definition) is 1. The number of nitrogens with one attached hydrogen (secondary N) is 1. The molecule has 0 saturated heterocycles. The van der Waals surface area contributed by atoms with Gasteiger partial charge in [0.05, 0.1) is 5.69 Å². The number of aryl methyl sites for hydroxylation is 2. The highest BCUT2D eigenvalue weighted by Crippen LogP contribution is 2.05. The Balaban J connectivity index is 2.66. The smallest absolute Gasteiger partial charge is 0.269 e. The van der Waals surface area contributed by atoms with Gasteiger partial charge in [-0.1, -0.05) is 6.92 Å². The van der Waals surface area contributed by atoms with E-state index < -0.39 is 0 Å². The van der Waals surface area contributed by atoms with Crippen molar-refractivity contribution >= 4 is 5.91 Å². The molecule has 0 bridgehead atoms. The van der Waals surface area contributed by atoms with Gasteiger partial charge in [0.25, 0.3) is 5.91 Å². The van der Waals surface area contributed by atoms with Crippen LogP contribution in [0.25, 0.3) is 0 Å². The Kier molecular flexibility index (Phi) is 5.28. The summed E-state index contributed by atoms with van der Waals surface area (Å²) in [5, 5.41) is 7.18. The minimum atomic E-state index is -0.0723. The number of carbonyl (C=O) groups is 1. The molecule has 1 aromatic rings. The van der Waals surface area contributed by atoms with E-state index in [2.05, 4.69) is 22.3 Å². The summed E-state index contributed by atoms with van der Waals surface area (Å²) in [4.78, 5) is 11.9. The number of carbonyl (C=O) groups excluding carboxylic acids is 1. The number of nitrogens with zero attached hydrogens (tertiary/aromatic N) is 2. The topological polar surface area (TPSA) is 46.9 Å². The van der Waals surface area contributed by atoms with Crippen molar-refractivity contribution in [1.82, 2.24) is 15.1 Å². The lowest BCUT2D eigenvalue weighted by atomic mass is 10.3. The summed E-state index contributed by atoms with van der Waals surface area (Å²) < 4.78 is 1.74. The van der Waals surface area contributed by atoms with E-state index in [9.17, 15) is 4.79 Å². The van der Waals surface area contributed by atoms with Crippen LogP contribution in [-0.2, 0) is 13.0 Å².